The van der Waals surface area contributed by atoms with E-state index in [0.717, 1.165) is 42.8 Å². The van der Waals surface area contributed by atoms with Crippen molar-refractivity contribution in [1.29, 1.82) is 0 Å². The van der Waals surface area contributed by atoms with Gasteiger partial charge in [-0.15, -0.1) is 0 Å². The van der Waals surface area contributed by atoms with E-state index in [1.54, 1.807) is 13.3 Å². The van der Waals surface area contributed by atoms with Crippen molar-refractivity contribution in [1.82, 2.24) is 15.2 Å². The normalized spacial score (nSPS) is 15.8. The molecule has 1 fully saturated rings. The molecular weight excluding hydrogens is 354 g/mol. The molecule has 6 nitrogen and oxygen atoms in total. The van der Waals surface area contributed by atoms with Crippen molar-refractivity contribution in [3.05, 3.63) is 59.9 Å². The smallest absolute Gasteiger partial charge is 0.220 e. The van der Waals surface area contributed by atoms with Gasteiger partial charge in [-0.25, -0.2) is 0 Å². The fourth-order valence-corrected chi connectivity index (χ4v) is 3.56. The Morgan fingerprint density at radius 1 is 1.25 bits per heavy atom. The molecule has 28 heavy (non-hydrogen) atoms. The van der Waals surface area contributed by atoms with E-state index < -0.39 is 0 Å². The molecule has 1 aromatic carbocycles. The van der Waals surface area contributed by atoms with E-state index in [1.165, 1.54) is 0 Å². The molecule has 1 atom stereocenters. The molecule has 1 amide bonds. The van der Waals surface area contributed by atoms with Gasteiger partial charge in [-0.2, -0.15) is 0 Å². The summed E-state index contributed by atoms with van der Waals surface area (Å²) in [6.07, 6.45) is 5.81. The monoisotopic (exact) mass is 383 g/mol. The first-order valence-electron chi connectivity index (χ1n) is 9.88. The number of ether oxygens (including phenoxy) is 2. The molecule has 1 aliphatic heterocycles. The second kappa shape index (κ2) is 10.8. The molecule has 0 saturated carbocycles. The lowest BCUT2D eigenvalue weighted by Crippen LogP contribution is -2.44. The number of carbonyl (C=O) groups is 1. The highest BCUT2D eigenvalue weighted by atomic mass is 16.5. The lowest BCUT2D eigenvalue weighted by Gasteiger charge is -2.35. The molecule has 0 radical (unpaired) electrons. The Bertz CT molecular complexity index is 733. The first-order chi connectivity index (χ1) is 13.8. The maximum absolute atomic E-state index is 12.4. The van der Waals surface area contributed by atoms with Crippen LogP contribution >= 0.6 is 0 Å². The molecule has 150 valence electrons. The van der Waals surface area contributed by atoms with Crippen LogP contribution in [-0.4, -0.2) is 55.7 Å². The maximum atomic E-state index is 12.4. The molecule has 1 N–H and O–H groups in total. The number of pyridine rings is 1. The summed E-state index contributed by atoms with van der Waals surface area (Å²) in [6.45, 7) is 3.68. The Morgan fingerprint density at radius 3 is 2.82 bits per heavy atom. The topological polar surface area (TPSA) is 63.7 Å². The van der Waals surface area contributed by atoms with Crippen LogP contribution in [0.5, 0.6) is 5.75 Å². The van der Waals surface area contributed by atoms with Gasteiger partial charge in [0.15, 0.2) is 0 Å². The minimum atomic E-state index is 0.0716. The first kappa shape index (κ1) is 20.3. The average Bonchev–Trinajstić information content (AvgIpc) is 2.76. The van der Waals surface area contributed by atoms with Crippen LogP contribution in [0.3, 0.4) is 0 Å². The van der Waals surface area contributed by atoms with Gasteiger partial charge in [0.25, 0.3) is 0 Å². The van der Waals surface area contributed by atoms with E-state index in [2.05, 4.69) is 21.3 Å². The van der Waals surface area contributed by atoms with Gasteiger partial charge in [0.1, 0.15) is 5.75 Å². The van der Waals surface area contributed by atoms with Gasteiger partial charge < -0.3 is 14.8 Å². The number of aryl methyl sites for hydroxylation is 1. The maximum Gasteiger partial charge on any atom is 0.220 e. The summed E-state index contributed by atoms with van der Waals surface area (Å²) in [4.78, 5) is 18.9. The number of morpholine rings is 1. The van der Waals surface area contributed by atoms with Crippen molar-refractivity contribution < 1.29 is 14.3 Å². The van der Waals surface area contributed by atoms with Gasteiger partial charge in [-0.05, 0) is 30.5 Å². The van der Waals surface area contributed by atoms with Gasteiger partial charge in [0.2, 0.25) is 5.91 Å². The zero-order valence-electron chi connectivity index (χ0n) is 16.5. The third-order valence-electron chi connectivity index (χ3n) is 5.07. The zero-order valence-corrected chi connectivity index (χ0v) is 16.5. The van der Waals surface area contributed by atoms with Crippen LogP contribution in [0.15, 0.2) is 48.8 Å². The zero-order chi connectivity index (χ0) is 19.6. The molecule has 1 aromatic heterocycles. The number of methoxy groups -OCH3 is 1. The standard InChI is InChI=1S/C22H29N3O3/c1-27-21-9-3-2-8-19(21)20(25-12-14-28-15-13-25)17-24-22(26)10-4-6-18-7-5-11-23-16-18/h2-3,5,7-9,11,16,20H,4,6,10,12-15,17H2,1H3,(H,24,26). The van der Waals surface area contributed by atoms with Crippen molar-refractivity contribution >= 4 is 5.91 Å². The summed E-state index contributed by atoms with van der Waals surface area (Å²) in [6, 6.07) is 12.1. The molecule has 2 aromatic rings. The Morgan fingerprint density at radius 2 is 2.07 bits per heavy atom. The molecule has 1 saturated heterocycles. The van der Waals surface area contributed by atoms with Gasteiger partial charge in [0, 0.05) is 44.0 Å². The quantitative estimate of drug-likeness (QED) is 0.721. The van der Waals surface area contributed by atoms with Crippen molar-refractivity contribution in [2.24, 2.45) is 0 Å². The molecular formula is C22H29N3O3. The second-order valence-electron chi connectivity index (χ2n) is 6.92. The van der Waals surface area contributed by atoms with E-state index in [0.29, 0.717) is 26.2 Å². The Kier molecular flexibility index (Phi) is 7.82. The average molecular weight is 383 g/mol. The highest BCUT2D eigenvalue weighted by Gasteiger charge is 2.25. The summed E-state index contributed by atoms with van der Waals surface area (Å²) >= 11 is 0. The fourth-order valence-electron chi connectivity index (χ4n) is 3.56. The predicted octanol–water partition coefficient (Wildman–Crippen LogP) is 2.60. The number of aromatic nitrogens is 1. The molecule has 0 aliphatic carbocycles. The number of rotatable bonds is 9. The van der Waals surface area contributed by atoms with Crippen LogP contribution in [-0.2, 0) is 16.0 Å². The number of nitrogens with one attached hydrogen (secondary N) is 1. The highest BCUT2D eigenvalue weighted by molar-refractivity contribution is 5.75. The highest BCUT2D eigenvalue weighted by Crippen LogP contribution is 2.29. The summed E-state index contributed by atoms with van der Waals surface area (Å²) in [5, 5.41) is 3.12. The number of hydrogen-bond donors (Lipinski definition) is 1. The van der Waals surface area contributed by atoms with E-state index in [-0.39, 0.29) is 11.9 Å². The molecule has 3 rings (SSSR count). The summed E-state index contributed by atoms with van der Waals surface area (Å²) < 4.78 is 11.1. The molecule has 6 heteroatoms. The molecule has 0 spiro atoms. The number of benzene rings is 1. The van der Waals surface area contributed by atoms with Crippen LogP contribution in [0.1, 0.15) is 30.0 Å². The van der Waals surface area contributed by atoms with Crippen molar-refractivity contribution in [2.45, 2.75) is 25.3 Å². The Balaban J connectivity index is 1.57. The van der Waals surface area contributed by atoms with Crippen LogP contribution in [0.2, 0.25) is 0 Å². The van der Waals surface area contributed by atoms with Gasteiger partial charge in [-0.1, -0.05) is 24.3 Å². The van der Waals surface area contributed by atoms with Crippen LogP contribution in [0.25, 0.3) is 0 Å². The van der Waals surface area contributed by atoms with E-state index in [9.17, 15) is 4.79 Å². The minimum Gasteiger partial charge on any atom is -0.496 e. The van der Waals surface area contributed by atoms with Gasteiger partial charge >= 0.3 is 0 Å². The van der Waals surface area contributed by atoms with Gasteiger partial charge in [-0.3, -0.25) is 14.7 Å². The minimum absolute atomic E-state index is 0.0716. The molecule has 1 unspecified atom stereocenters. The number of hydrogen-bond acceptors (Lipinski definition) is 5. The largest absolute Gasteiger partial charge is 0.496 e. The summed E-state index contributed by atoms with van der Waals surface area (Å²) in [5.74, 6) is 0.932. The third kappa shape index (κ3) is 5.78. The number of carbonyl (C=O) groups excluding carboxylic acids is 1. The Hall–Kier alpha value is -2.44. The fraction of sp³-hybridized carbons (Fsp3) is 0.455. The van der Waals surface area contributed by atoms with Gasteiger partial charge in [0.05, 0.1) is 26.4 Å². The number of para-hydroxylation sites is 1. The van der Waals surface area contributed by atoms with Crippen molar-refractivity contribution in [3.63, 3.8) is 0 Å². The molecule has 1 aliphatic rings. The van der Waals surface area contributed by atoms with Crippen molar-refractivity contribution in [3.8, 4) is 5.75 Å². The van der Waals surface area contributed by atoms with Crippen LogP contribution < -0.4 is 10.1 Å². The van der Waals surface area contributed by atoms with Crippen molar-refractivity contribution in [2.75, 3.05) is 40.0 Å². The van der Waals surface area contributed by atoms with Crippen LogP contribution in [0, 0.1) is 0 Å². The number of nitrogens with zero attached hydrogens (tertiary/aromatic N) is 2. The first-order valence-corrected chi connectivity index (χ1v) is 9.88. The second-order valence-corrected chi connectivity index (χ2v) is 6.92. The predicted molar refractivity (Wildman–Crippen MR) is 108 cm³/mol. The van der Waals surface area contributed by atoms with E-state index in [4.69, 9.17) is 9.47 Å². The lowest BCUT2D eigenvalue weighted by molar-refractivity contribution is -0.121. The summed E-state index contributed by atoms with van der Waals surface area (Å²) in [5.41, 5.74) is 2.26. The number of amides is 1. The van der Waals surface area contributed by atoms with E-state index in [1.807, 2.05) is 36.5 Å². The Labute approximate surface area is 166 Å². The summed E-state index contributed by atoms with van der Waals surface area (Å²) in [7, 11) is 1.69. The molecule has 0 bridgehead atoms. The SMILES string of the molecule is COc1ccccc1C(CNC(=O)CCCc1cccnc1)N1CCOCC1. The molecule has 2 heterocycles. The lowest BCUT2D eigenvalue weighted by atomic mass is 10.0. The van der Waals surface area contributed by atoms with E-state index >= 15 is 0 Å². The van der Waals surface area contributed by atoms with Crippen LogP contribution in [0.4, 0.5) is 0 Å². The third-order valence-corrected chi connectivity index (χ3v) is 5.07.